The van der Waals surface area contributed by atoms with Crippen LogP contribution in [0, 0.1) is 41.5 Å². The van der Waals surface area contributed by atoms with E-state index in [0.717, 1.165) is 5.56 Å². The normalized spacial score (nSPS) is 8.93. The van der Waals surface area contributed by atoms with Crippen molar-refractivity contribution < 1.29 is 4.79 Å². The number of carbonyl (C=O) groups excluding carboxylic acids is 1. The highest BCUT2D eigenvalue weighted by Gasteiger charge is 1.95. The molecule has 0 fully saturated rings. The van der Waals surface area contributed by atoms with Gasteiger partial charge in [0.05, 0.1) is 0 Å². The number of hydrogen-bond donors (Lipinski definition) is 0. The maximum Gasteiger partial charge on any atom is 0.134 e. The van der Waals surface area contributed by atoms with E-state index in [-0.39, 0.29) is 5.78 Å². The van der Waals surface area contributed by atoms with Gasteiger partial charge in [-0.2, -0.15) is 0 Å². The quantitative estimate of drug-likeness (QED) is 0.191. The van der Waals surface area contributed by atoms with Gasteiger partial charge < -0.3 is 0 Å². The lowest BCUT2D eigenvalue weighted by Gasteiger charge is -1.96. The van der Waals surface area contributed by atoms with Crippen LogP contribution in [0.25, 0.3) is 0 Å². The van der Waals surface area contributed by atoms with Crippen molar-refractivity contribution in [3.63, 3.8) is 0 Å². The van der Waals surface area contributed by atoms with Crippen LogP contribution in [-0.4, -0.2) is 5.78 Å². The molecule has 6 aromatic rings. The lowest BCUT2D eigenvalue weighted by Crippen LogP contribution is -1.95. The van der Waals surface area contributed by atoms with Crippen LogP contribution in [0.2, 0.25) is 0 Å². The Balaban J connectivity index is 0.000000279. The van der Waals surface area contributed by atoms with E-state index in [4.69, 9.17) is 0 Å². The molecule has 0 bridgehead atoms. The molecule has 0 saturated heterocycles. The summed E-state index contributed by atoms with van der Waals surface area (Å²) in [7, 11) is 0. The highest BCUT2D eigenvalue weighted by atomic mass is 16.1. The molecule has 6 aromatic carbocycles. The first-order chi connectivity index (χ1) is 22.2. The molecule has 0 N–H and O–H groups in total. The molecule has 0 saturated carbocycles. The molecular formula is C45H52O. The minimum atomic E-state index is 0.217. The molecule has 1 nitrogen and oxygen atoms in total. The van der Waals surface area contributed by atoms with Crippen LogP contribution >= 0.6 is 0 Å². The lowest BCUT2D eigenvalue weighted by atomic mass is 10.1. The fourth-order valence-corrected chi connectivity index (χ4v) is 3.67. The molecule has 0 aliphatic heterocycles. The predicted octanol–water partition coefficient (Wildman–Crippen LogP) is 12.1. The van der Waals surface area contributed by atoms with Gasteiger partial charge in [0.1, 0.15) is 5.78 Å². The van der Waals surface area contributed by atoms with Crippen LogP contribution < -0.4 is 0 Å². The molecule has 0 radical (unpaired) electrons. The summed E-state index contributed by atoms with van der Waals surface area (Å²) in [6, 6.07) is 59.4. The molecule has 0 aliphatic carbocycles. The number of aryl methyl sites for hydroxylation is 6. The molecule has 0 aromatic heterocycles. The fourth-order valence-electron chi connectivity index (χ4n) is 3.67. The third-order valence-corrected chi connectivity index (χ3v) is 6.28. The largest absolute Gasteiger partial charge is 0.300 e. The smallest absolute Gasteiger partial charge is 0.134 e. The zero-order valence-electron chi connectivity index (χ0n) is 28.9. The first-order valence-electron chi connectivity index (χ1n) is 15.8. The first kappa shape index (κ1) is 39.0. The van der Waals surface area contributed by atoms with Crippen LogP contribution in [0.1, 0.15) is 45.9 Å². The predicted molar refractivity (Wildman–Crippen MR) is 201 cm³/mol. The Kier molecular flexibility index (Phi) is 21.5. The Morgan fingerprint density at radius 3 is 0.674 bits per heavy atom. The summed E-state index contributed by atoms with van der Waals surface area (Å²) in [6.07, 6.45) is 0.556. The summed E-state index contributed by atoms with van der Waals surface area (Å²) in [4.78, 5) is 10.7. The number of benzene rings is 6. The van der Waals surface area contributed by atoms with Crippen LogP contribution in [0.5, 0.6) is 0 Å². The van der Waals surface area contributed by atoms with Crippen LogP contribution in [0.3, 0.4) is 0 Å². The second-order valence-electron chi connectivity index (χ2n) is 11.1. The van der Waals surface area contributed by atoms with Crippen LogP contribution in [0.15, 0.2) is 176 Å². The molecule has 0 aliphatic rings. The Morgan fingerprint density at radius 2 is 0.522 bits per heavy atom. The van der Waals surface area contributed by atoms with Crippen LogP contribution in [-0.2, 0) is 11.2 Å². The number of carbonyl (C=O) groups is 1. The van der Waals surface area contributed by atoms with Crippen molar-refractivity contribution in [1.29, 1.82) is 0 Å². The van der Waals surface area contributed by atoms with Gasteiger partial charge in [0.2, 0.25) is 0 Å². The van der Waals surface area contributed by atoms with Crippen molar-refractivity contribution >= 4 is 5.78 Å². The van der Waals surface area contributed by atoms with E-state index < -0.39 is 0 Å². The lowest BCUT2D eigenvalue weighted by molar-refractivity contribution is -0.116. The summed E-state index contributed by atoms with van der Waals surface area (Å²) in [5.41, 5.74) is 8.94. The van der Waals surface area contributed by atoms with Gasteiger partial charge in [-0.1, -0.05) is 209 Å². The molecule has 0 unspecified atom stereocenters. The standard InChI is InChI=1S/C10H12O.5C7H8/c1-8-3-5-10(6-4-8)7-9(2)11;5*1-7-5-3-2-4-6-7/h3-6H,7H2,1-2H3;5*2-6H,1H3. The summed E-state index contributed by atoms with van der Waals surface area (Å²) >= 11 is 0. The summed E-state index contributed by atoms with van der Waals surface area (Å²) in [6.45, 7) is 14.1. The number of rotatable bonds is 2. The Morgan fingerprint density at radius 1 is 0.326 bits per heavy atom. The maximum absolute atomic E-state index is 10.7. The van der Waals surface area contributed by atoms with Gasteiger partial charge in [-0.25, -0.2) is 0 Å². The number of Topliss-reactive ketones (excluding diaryl/α,β-unsaturated/α-hetero) is 1. The third kappa shape index (κ3) is 23.4. The molecule has 0 atom stereocenters. The molecule has 0 heterocycles. The summed E-state index contributed by atoms with van der Waals surface area (Å²) < 4.78 is 0. The van der Waals surface area contributed by atoms with E-state index in [2.05, 4.69) is 95.3 Å². The Labute approximate surface area is 279 Å². The Bertz CT molecular complexity index is 1310. The van der Waals surface area contributed by atoms with Crippen molar-refractivity contribution in [3.05, 3.63) is 215 Å². The van der Waals surface area contributed by atoms with Gasteiger partial charge in [0, 0.05) is 6.42 Å². The van der Waals surface area contributed by atoms with Crippen molar-refractivity contribution in [3.8, 4) is 0 Å². The second-order valence-corrected chi connectivity index (χ2v) is 11.1. The van der Waals surface area contributed by atoms with Crippen LogP contribution in [0.4, 0.5) is 0 Å². The number of hydrogen-bond acceptors (Lipinski definition) is 1. The molecule has 6 rings (SSSR count). The van der Waals surface area contributed by atoms with Gasteiger partial charge in [-0.05, 0) is 54.0 Å². The van der Waals surface area contributed by atoms with E-state index in [1.165, 1.54) is 33.4 Å². The zero-order valence-corrected chi connectivity index (χ0v) is 28.9. The molecule has 0 amide bonds. The molecule has 1 heteroatoms. The topological polar surface area (TPSA) is 17.1 Å². The van der Waals surface area contributed by atoms with E-state index in [0.29, 0.717) is 6.42 Å². The van der Waals surface area contributed by atoms with Gasteiger partial charge in [-0.15, -0.1) is 0 Å². The molecule has 0 spiro atoms. The van der Waals surface area contributed by atoms with Crippen molar-refractivity contribution in [1.82, 2.24) is 0 Å². The van der Waals surface area contributed by atoms with Gasteiger partial charge in [-0.3, -0.25) is 4.79 Å². The maximum atomic E-state index is 10.7. The summed E-state index contributed by atoms with van der Waals surface area (Å²) in [5.74, 6) is 0.217. The SMILES string of the molecule is CC(=O)Cc1ccc(C)cc1.Cc1ccccc1.Cc1ccccc1.Cc1ccccc1.Cc1ccccc1.Cc1ccccc1. The monoisotopic (exact) mass is 608 g/mol. The zero-order chi connectivity index (χ0) is 33.8. The molecule has 46 heavy (non-hydrogen) atoms. The average molecular weight is 609 g/mol. The van der Waals surface area contributed by atoms with Crippen molar-refractivity contribution in [2.45, 2.75) is 54.9 Å². The highest BCUT2D eigenvalue weighted by Crippen LogP contribution is 2.03. The average Bonchev–Trinajstić information content (AvgIpc) is 3.05. The van der Waals surface area contributed by atoms with E-state index >= 15 is 0 Å². The van der Waals surface area contributed by atoms with Gasteiger partial charge in [0.15, 0.2) is 0 Å². The minimum absolute atomic E-state index is 0.217. The molecular weight excluding hydrogens is 556 g/mol. The highest BCUT2D eigenvalue weighted by molar-refractivity contribution is 5.78. The second kappa shape index (κ2) is 25.3. The first-order valence-corrected chi connectivity index (χ1v) is 15.8. The molecule has 238 valence electrons. The third-order valence-electron chi connectivity index (χ3n) is 6.28. The van der Waals surface area contributed by atoms with Gasteiger partial charge in [0.25, 0.3) is 0 Å². The Hall–Kier alpha value is -5.01. The van der Waals surface area contributed by atoms with Gasteiger partial charge >= 0.3 is 0 Å². The summed E-state index contributed by atoms with van der Waals surface area (Å²) in [5, 5.41) is 0. The van der Waals surface area contributed by atoms with Crippen molar-refractivity contribution in [2.75, 3.05) is 0 Å². The van der Waals surface area contributed by atoms with E-state index in [1.54, 1.807) is 6.92 Å². The number of ketones is 1. The fraction of sp³-hybridized carbons (Fsp3) is 0.178. The van der Waals surface area contributed by atoms with Crippen molar-refractivity contribution in [2.24, 2.45) is 0 Å². The van der Waals surface area contributed by atoms with E-state index in [9.17, 15) is 4.79 Å². The minimum Gasteiger partial charge on any atom is -0.300 e. The van der Waals surface area contributed by atoms with E-state index in [1.807, 2.05) is 122 Å².